The first-order chi connectivity index (χ1) is 8.99. The van der Waals surface area contributed by atoms with Crippen LogP contribution in [-0.2, 0) is 0 Å². The number of carboxylic acids is 1. The lowest BCUT2D eigenvalue weighted by molar-refractivity contribution is -0.385. The van der Waals surface area contributed by atoms with Crippen molar-refractivity contribution in [3.05, 3.63) is 33.9 Å². The topological polar surface area (TPSA) is 83.7 Å². The first-order valence-corrected chi connectivity index (χ1v) is 6.92. The second-order valence-electron chi connectivity index (χ2n) is 4.39. The Labute approximate surface area is 114 Å². The molecule has 1 unspecified atom stereocenters. The smallest absolute Gasteiger partial charge is 0.342 e. The Morgan fingerprint density at radius 3 is 2.89 bits per heavy atom. The zero-order valence-electron chi connectivity index (χ0n) is 10.4. The molecule has 0 saturated carbocycles. The average Bonchev–Trinajstić information content (AvgIpc) is 2.37. The van der Waals surface area contributed by atoms with Gasteiger partial charge in [0.15, 0.2) is 0 Å². The summed E-state index contributed by atoms with van der Waals surface area (Å²) in [5.74, 6) is -0.298. The van der Waals surface area contributed by atoms with Crippen molar-refractivity contribution in [1.29, 1.82) is 0 Å². The number of rotatable bonds is 3. The molecule has 0 bridgehead atoms. The van der Waals surface area contributed by atoms with Crippen molar-refractivity contribution in [3.63, 3.8) is 0 Å². The predicted molar refractivity (Wildman–Crippen MR) is 74.2 cm³/mol. The largest absolute Gasteiger partial charge is 0.477 e. The van der Waals surface area contributed by atoms with Gasteiger partial charge in [0.1, 0.15) is 5.56 Å². The number of anilines is 1. The summed E-state index contributed by atoms with van der Waals surface area (Å²) in [6, 6.07) is 4.28. The van der Waals surface area contributed by atoms with Crippen LogP contribution in [-0.4, -0.2) is 40.1 Å². The van der Waals surface area contributed by atoms with E-state index in [9.17, 15) is 14.9 Å². The zero-order chi connectivity index (χ0) is 14.0. The van der Waals surface area contributed by atoms with Gasteiger partial charge in [-0.25, -0.2) is 4.79 Å². The van der Waals surface area contributed by atoms with Gasteiger partial charge in [-0.05, 0) is 12.1 Å². The molecule has 1 saturated heterocycles. The minimum absolute atomic E-state index is 0.256. The highest BCUT2D eigenvalue weighted by atomic mass is 32.2. The van der Waals surface area contributed by atoms with Crippen LogP contribution in [0.15, 0.2) is 18.2 Å². The van der Waals surface area contributed by atoms with Crippen molar-refractivity contribution < 1.29 is 14.8 Å². The third-order valence-electron chi connectivity index (χ3n) is 3.01. The molecule has 1 heterocycles. The molecule has 0 aromatic heterocycles. The highest BCUT2D eigenvalue weighted by Crippen LogP contribution is 2.28. The Balaban J connectivity index is 2.35. The Morgan fingerprint density at radius 1 is 1.58 bits per heavy atom. The van der Waals surface area contributed by atoms with Gasteiger partial charge in [-0.15, -0.1) is 0 Å². The molecule has 1 N–H and O–H groups in total. The van der Waals surface area contributed by atoms with Gasteiger partial charge in [-0.2, -0.15) is 11.8 Å². The summed E-state index contributed by atoms with van der Waals surface area (Å²) < 4.78 is 0. The molecule has 0 amide bonds. The summed E-state index contributed by atoms with van der Waals surface area (Å²) in [4.78, 5) is 23.3. The number of nitro groups is 1. The van der Waals surface area contributed by atoms with E-state index in [0.717, 1.165) is 24.5 Å². The fourth-order valence-electron chi connectivity index (χ4n) is 2.10. The molecule has 19 heavy (non-hydrogen) atoms. The van der Waals surface area contributed by atoms with Crippen LogP contribution in [0, 0.1) is 10.1 Å². The maximum absolute atomic E-state index is 11.1. The summed E-state index contributed by atoms with van der Waals surface area (Å²) in [7, 11) is 0. The van der Waals surface area contributed by atoms with E-state index in [0.29, 0.717) is 5.25 Å². The van der Waals surface area contributed by atoms with Crippen LogP contribution < -0.4 is 4.90 Å². The summed E-state index contributed by atoms with van der Waals surface area (Å²) in [6.45, 7) is 3.76. The van der Waals surface area contributed by atoms with E-state index in [2.05, 4.69) is 11.8 Å². The first kappa shape index (κ1) is 13.7. The van der Waals surface area contributed by atoms with E-state index in [-0.39, 0.29) is 11.3 Å². The third-order valence-corrected chi connectivity index (χ3v) is 4.15. The molecule has 2 rings (SSSR count). The second kappa shape index (κ2) is 5.48. The normalized spacial score (nSPS) is 19.2. The third kappa shape index (κ3) is 2.98. The van der Waals surface area contributed by atoms with E-state index < -0.39 is 10.9 Å². The van der Waals surface area contributed by atoms with Crippen LogP contribution in [0.4, 0.5) is 11.4 Å². The maximum atomic E-state index is 11.1. The number of thioether (sulfide) groups is 1. The van der Waals surface area contributed by atoms with Crippen molar-refractivity contribution in [1.82, 2.24) is 0 Å². The highest BCUT2D eigenvalue weighted by molar-refractivity contribution is 8.00. The molecule has 0 spiro atoms. The highest BCUT2D eigenvalue weighted by Gasteiger charge is 2.23. The fraction of sp³-hybridized carbons (Fsp3) is 0.417. The van der Waals surface area contributed by atoms with E-state index in [1.165, 1.54) is 12.1 Å². The first-order valence-electron chi connectivity index (χ1n) is 5.87. The summed E-state index contributed by atoms with van der Waals surface area (Å²) in [5, 5.41) is 20.3. The number of carbonyl (C=O) groups is 1. The number of benzene rings is 1. The standard InChI is InChI=1S/C12H14N2O4S/c1-8-7-13(4-5-19-8)9-2-3-11(14(17)18)10(6-9)12(15)16/h2-3,6,8H,4-5,7H2,1H3,(H,15,16). The molecule has 6 nitrogen and oxygen atoms in total. The van der Waals surface area contributed by atoms with Gasteiger partial charge < -0.3 is 10.0 Å². The van der Waals surface area contributed by atoms with Gasteiger partial charge in [0.05, 0.1) is 4.92 Å². The lowest BCUT2D eigenvalue weighted by Gasteiger charge is -2.32. The van der Waals surface area contributed by atoms with Crippen molar-refractivity contribution in [2.75, 3.05) is 23.7 Å². The monoisotopic (exact) mass is 282 g/mol. The van der Waals surface area contributed by atoms with Crippen molar-refractivity contribution in [2.45, 2.75) is 12.2 Å². The van der Waals surface area contributed by atoms with E-state index in [1.54, 1.807) is 6.07 Å². The Kier molecular flexibility index (Phi) is 3.94. The van der Waals surface area contributed by atoms with E-state index in [4.69, 9.17) is 5.11 Å². The molecule has 1 atom stereocenters. The minimum Gasteiger partial charge on any atom is -0.477 e. The van der Waals surface area contributed by atoms with E-state index >= 15 is 0 Å². The van der Waals surface area contributed by atoms with Crippen molar-refractivity contribution >= 4 is 29.1 Å². The Hall–Kier alpha value is -1.76. The van der Waals surface area contributed by atoms with Gasteiger partial charge in [-0.3, -0.25) is 10.1 Å². The maximum Gasteiger partial charge on any atom is 0.342 e. The molecule has 7 heteroatoms. The van der Waals surface area contributed by atoms with Gasteiger partial charge in [0.25, 0.3) is 5.69 Å². The molecule has 1 aliphatic heterocycles. The second-order valence-corrected chi connectivity index (χ2v) is 5.94. The Bertz CT molecular complexity index is 520. The summed E-state index contributed by atoms with van der Waals surface area (Å²) >= 11 is 1.87. The van der Waals surface area contributed by atoms with Crippen LogP contribution in [0.1, 0.15) is 17.3 Å². The minimum atomic E-state index is -1.27. The number of aromatic carboxylic acids is 1. The lowest BCUT2D eigenvalue weighted by atomic mass is 10.1. The van der Waals surface area contributed by atoms with Crippen LogP contribution in [0.2, 0.25) is 0 Å². The zero-order valence-corrected chi connectivity index (χ0v) is 11.2. The summed E-state index contributed by atoms with van der Waals surface area (Å²) in [6.07, 6.45) is 0. The predicted octanol–water partition coefficient (Wildman–Crippen LogP) is 2.23. The van der Waals surface area contributed by atoms with Crippen LogP contribution in [0.25, 0.3) is 0 Å². The van der Waals surface area contributed by atoms with Crippen molar-refractivity contribution in [2.24, 2.45) is 0 Å². The van der Waals surface area contributed by atoms with Gasteiger partial charge in [0, 0.05) is 35.8 Å². The van der Waals surface area contributed by atoms with Crippen molar-refractivity contribution in [3.8, 4) is 0 Å². The molecule has 1 aromatic rings. The molecular formula is C12H14N2O4S. The number of carboxylic acid groups (broad SMARTS) is 1. The molecular weight excluding hydrogens is 268 g/mol. The number of hydrogen-bond donors (Lipinski definition) is 1. The molecule has 0 aliphatic carbocycles. The van der Waals surface area contributed by atoms with Crippen LogP contribution in [0.3, 0.4) is 0 Å². The average molecular weight is 282 g/mol. The molecule has 1 fully saturated rings. The molecule has 1 aliphatic rings. The number of nitrogens with zero attached hydrogens (tertiary/aromatic N) is 2. The van der Waals surface area contributed by atoms with Gasteiger partial charge >= 0.3 is 5.97 Å². The van der Waals surface area contributed by atoms with Gasteiger partial charge in [0.2, 0.25) is 0 Å². The molecule has 1 aromatic carbocycles. The number of nitro benzene ring substituents is 1. The van der Waals surface area contributed by atoms with E-state index in [1.807, 2.05) is 11.8 Å². The number of hydrogen-bond acceptors (Lipinski definition) is 5. The quantitative estimate of drug-likeness (QED) is 0.676. The SMILES string of the molecule is CC1CN(c2ccc([N+](=O)[O-])c(C(=O)O)c2)CCS1. The van der Waals surface area contributed by atoms with Gasteiger partial charge in [-0.1, -0.05) is 6.92 Å². The van der Waals surface area contributed by atoms with Crippen LogP contribution in [0.5, 0.6) is 0 Å². The summed E-state index contributed by atoms with van der Waals surface area (Å²) in [5.41, 5.74) is 0.110. The van der Waals surface area contributed by atoms with Crippen LogP contribution >= 0.6 is 11.8 Å². The fourth-order valence-corrected chi connectivity index (χ4v) is 3.12. The molecule has 0 radical (unpaired) electrons. The molecule has 102 valence electrons. The lowest BCUT2D eigenvalue weighted by Crippen LogP contribution is -2.36. The Morgan fingerprint density at radius 2 is 2.32 bits per heavy atom.